The molecule has 3 unspecified atom stereocenters. The highest BCUT2D eigenvalue weighted by Gasteiger charge is 2.47. The third-order valence-corrected chi connectivity index (χ3v) is 6.59. The molecule has 1 saturated carbocycles. The molecule has 2 aliphatic rings. The van der Waals surface area contributed by atoms with Crippen LogP contribution >= 0.6 is 0 Å². The van der Waals surface area contributed by atoms with Gasteiger partial charge in [-0.1, -0.05) is 20.8 Å². The molecule has 1 nitrogen and oxygen atoms in total. The van der Waals surface area contributed by atoms with Crippen LogP contribution < -0.4 is 0 Å². The molecule has 1 heterocycles. The van der Waals surface area contributed by atoms with Gasteiger partial charge < -0.3 is 0 Å². The summed E-state index contributed by atoms with van der Waals surface area (Å²) in [7, 11) is -1.71. The molecule has 1 aliphatic heterocycles. The molecule has 0 aromatic carbocycles. The minimum Gasteiger partial charge on any atom is -0.268 e. The second-order valence-corrected chi connectivity index (χ2v) is 9.50. The van der Waals surface area contributed by atoms with Crippen molar-refractivity contribution in [3.63, 3.8) is 0 Å². The van der Waals surface area contributed by atoms with E-state index in [0.29, 0.717) is 10.8 Å². The minimum atomic E-state index is -1.71. The van der Waals surface area contributed by atoms with Gasteiger partial charge in [-0.2, -0.15) is 0 Å². The lowest BCUT2D eigenvalue weighted by Gasteiger charge is -2.29. The Morgan fingerprint density at radius 1 is 1.33 bits per heavy atom. The Labute approximate surface area is 94.7 Å². The van der Waals surface area contributed by atoms with Gasteiger partial charge in [0.15, 0.2) is 0 Å². The van der Waals surface area contributed by atoms with Gasteiger partial charge in [0.25, 0.3) is 0 Å². The summed E-state index contributed by atoms with van der Waals surface area (Å²) in [5, 5.41) is 0. The number of rotatable bonds is 0. The number of hydrogen-bond acceptors (Lipinski definition) is 1. The molecular formula is C13H24OS. The first-order valence-corrected chi connectivity index (χ1v) is 8.12. The van der Waals surface area contributed by atoms with Gasteiger partial charge in [0.05, 0.1) is 0 Å². The molecule has 88 valence electrons. The topological polar surface area (TPSA) is 17.1 Å². The zero-order valence-corrected chi connectivity index (χ0v) is 11.2. The Kier molecular flexibility index (Phi) is 2.50. The summed E-state index contributed by atoms with van der Waals surface area (Å²) in [5.41, 5.74) is 0.838. The fourth-order valence-electron chi connectivity index (χ4n) is 3.41. The average Bonchev–Trinajstić information content (AvgIpc) is 2.56. The Morgan fingerprint density at radius 2 is 2.00 bits per heavy atom. The first-order chi connectivity index (χ1) is 6.73. The van der Waals surface area contributed by atoms with E-state index in [9.17, 15) is 4.21 Å². The molecule has 0 bridgehead atoms. The van der Waals surface area contributed by atoms with Crippen LogP contribution in [-0.4, -0.2) is 21.6 Å². The number of hydrogen-bond donors (Lipinski definition) is 0. The van der Waals surface area contributed by atoms with Crippen LogP contribution in [0.5, 0.6) is 0 Å². The molecule has 15 heavy (non-hydrogen) atoms. The molecule has 0 radical (unpaired) electrons. The fraction of sp³-hybridized carbons (Fsp3) is 0.923. The minimum absolute atomic E-state index is 0.413. The van der Waals surface area contributed by atoms with Gasteiger partial charge in [-0.25, -0.2) is 0 Å². The maximum absolute atomic E-state index is 12.0. The Hall–Kier alpha value is 0.0200. The summed E-state index contributed by atoms with van der Waals surface area (Å²) >= 11 is 0. The van der Waals surface area contributed by atoms with Gasteiger partial charge in [0.1, 0.15) is 0 Å². The highest BCUT2D eigenvalue weighted by atomic mass is 32.2. The Bertz CT molecular complexity index is 347. The largest absolute Gasteiger partial charge is 0.268 e. The maximum atomic E-state index is 12.0. The molecule has 2 heteroatoms. The molecule has 1 spiro atoms. The van der Waals surface area contributed by atoms with Crippen molar-refractivity contribution in [2.45, 2.75) is 46.5 Å². The van der Waals surface area contributed by atoms with E-state index in [1.165, 1.54) is 25.7 Å². The van der Waals surface area contributed by atoms with Crippen molar-refractivity contribution in [2.75, 3.05) is 11.5 Å². The zero-order chi connectivity index (χ0) is 11.3. The normalized spacial score (nSPS) is 46.5. The third-order valence-electron chi connectivity index (χ3n) is 4.50. The Morgan fingerprint density at radius 3 is 2.40 bits per heavy atom. The van der Waals surface area contributed by atoms with Gasteiger partial charge in [0, 0.05) is 11.5 Å². The average molecular weight is 228 g/mol. The molecule has 3 atom stereocenters. The van der Waals surface area contributed by atoms with E-state index in [0.717, 1.165) is 17.4 Å². The summed E-state index contributed by atoms with van der Waals surface area (Å²) < 4.78 is 12.0. The summed E-state index contributed by atoms with van der Waals surface area (Å²) in [6.45, 7) is 7.02. The fourth-order valence-corrected chi connectivity index (χ4v) is 5.88. The van der Waals surface area contributed by atoms with Crippen molar-refractivity contribution in [2.24, 2.45) is 16.7 Å². The van der Waals surface area contributed by atoms with E-state index in [1.807, 2.05) is 0 Å². The smallest absolute Gasteiger partial charge is 0.0215 e. The van der Waals surface area contributed by atoms with Crippen LogP contribution in [0.25, 0.3) is 0 Å². The summed E-state index contributed by atoms with van der Waals surface area (Å²) in [4.78, 5) is 0. The molecule has 1 saturated heterocycles. The highest BCUT2D eigenvalue weighted by Crippen LogP contribution is 2.53. The summed E-state index contributed by atoms with van der Waals surface area (Å²) in [5.74, 6) is 6.52. The lowest BCUT2D eigenvalue weighted by Crippen LogP contribution is -2.22. The lowest BCUT2D eigenvalue weighted by molar-refractivity contribution is 0.218. The molecule has 2 rings (SSSR count). The van der Waals surface area contributed by atoms with Crippen molar-refractivity contribution in [1.29, 1.82) is 0 Å². The van der Waals surface area contributed by atoms with Crippen molar-refractivity contribution < 1.29 is 4.21 Å². The van der Waals surface area contributed by atoms with Crippen LogP contribution in [0, 0.1) is 16.7 Å². The molecule has 1 aliphatic carbocycles. The first kappa shape index (κ1) is 11.5. The molecule has 0 aromatic rings. The van der Waals surface area contributed by atoms with Crippen LogP contribution in [0.4, 0.5) is 0 Å². The summed E-state index contributed by atoms with van der Waals surface area (Å²) in [6.07, 6.45) is 5.09. The predicted octanol–water partition coefficient (Wildman–Crippen LogP) is 2.94. The van der Waals surface area contributed by atoms with Crippen molar-refractivity contribution >= 4 is 15.4 Å². The van der Waals surface area contributed by atoms with Crippen molar-refractivity contribution in [1.82, 2.24) is 0 Å². The molecule has 0 amide bonds. The SMILES string of the molecule is C=S1(=O)CCC2(CCC(C(C)(C)C)C2)C1. The second kappa shape index (κ2) is 3.26. The van der Waals surface area contributed by atoms with Gasteiger partial charge in [-0.15, -0.1) is 0 Å². The van der Waals surface area contributed by atoms with Crippen LogP contribution in [-0.2, 0) is 9.52 Å². The quantitative estimate of drug-likeness (QED) is 0.583. The maximum Gasteiger partial charge on any atom is 0.0215 e. The van der Waals surface area contributed by atoms with Crippen molar-refractivity contribution in [3.05, 3.63) is 0 Å². The van der Waals surface area contributed by atoms with Gasteiger partial charge in [0.2, 0.25) is 0 Å². The van der Waals surface area contributed by atoms with Crippen LogP contribution in [0.15, 0.2) is 0 Å². The van der Waals surface area contributed by atoms with Crippen LogP contribution in [0.3, 0.4) is 0 Å². The van der Waals surface area contributed by atoms with Gasteiger partial charge >= 0.3 is 0 Å². The van der Waals surface area contributed by atoms with E-state index >= 15 is 0 Å². The lowest BCUT2D eigenvalue weighted by atomic mass is 9.76. The standard InChI is InChI=1S/C13H24OS/c1-12(2,3)11-5-6-13(9-11)7-8-15(4,14)10-13/h11H,4-10H2,1-3H3. The summed E-state index contributed by atoms with van der Waals surface area (Å²) in [6, 6.07) is 0. The predicted molar refractivity (Wildman–Crippen MR) is 68.8 cm³/mol. The third kappa shape index (κ3) is 2.25. The van der Waals surface area contributed by atoms with E-state index in [1.54, 1.807) is 0 Å². The highest BCUT2D eigenvalue weighted by molar-refractivity contribution is 8.00. The van der Waals surface area contributed by atoms with Gasteiger partial charge in [-0.05, 0) is 57.8 Å². The van der Waals surface area contributed by atoms with Crippen LogP contribution in [0.2, 0.25) is 0 Å². The van der Waals surface area contributed by atoms with Crippen LogP contribution in [0.1, 0.15) is 46.5 Å². The van der Waals surface area contributed by atoms with Crippen molar-refractivity contribution in [3.8, 4) is 0 Å². The van der Waals surface area contributed by atoms with E-state index in [4.69, 9.17) is 0 Å². The second-order valence-electron chi connectivity index (χ2n) is 6.87. The van der Waals surface area contributed by atoms with E-state index < -0.39 is 9.52 Å². The molecule has 0 aromatic heterocycles. The molecular weight excluding hydrogens is 204 g/mol. The zero-order valence-electron chi connectivity index (χ0n) is 10.3. The molecule has 0 N–H and O–H groups in total. The van der Waals surface area contributed by atoms with E-state index in [2.05, 4.69) is 26.6 Å². The molecule has 2 fully saturated rings. The Balaban J connectivity index is 2.11. The van der Waals surface area contributed by atoms with E-state index in [-0.39, 0.29) is 0 Å². The van der Waals surface area contributed by atoms with Gasteiger partial charge in [-0.3, -0.25) is 4.21 Å². The monoisotopic (exact) mass is 228 g/mol. The first-order valence-electron chi connectivity index (χ1n) is 6.05.